The van der Waals surface area contributed by atoms with E-state index >= 15 is 0 Å². The number of nitrogens with one attached hydrogen (secondary N) is 2. The smallest absolute Gasteiger partial charge is 0.303 e. The summed E-state index contributed by atoms with van der Waals surface area (Å²) in [6, 6.07) is 7.47. The van der Waals surface area contributed by atoms with Crippen LogP contribution in [0.1, 0.15) is 29.3 Å². The lowest BCUT2D eigenvalue weighted by Crippen LogP contribution is -2.30. The summed E-state index contributed by atoms with van der Waals surface area (Å²) in [5.41, 5.74) is 1.65. The molecule has 0 aromatic heterocycles. The first-order valence-corrected chi connectivity index (χ1v) is 6.77. The lowest BCUT2D eigenvalue weighted by Gasteiger charge is -2.13. The van der Waals surface area contributed by atoms with Crippen molar-refractivity contribution in [1.29, 1.82) is 0 Å². The van der Waals surface area contributed by atoms with Crippen molar-refractivity contribution >= 4 is 11.9 Å². The number of carbonyl (C=O) groups is 2. The number of hydrogen-bond donors (Lipinski definition) is 3. The predicted octanol–water partition coefficient (Wildman–Crippen LogP) is 1.29. The second-order valence-corrected chi connectivity index (χ2v) is 4.92. The van der Waals surface area contributed by atoms with Crippen LogP contribution in [-0.4, -0.2) is 37.1 Å². The number of hydrogen-bond acceptors (Lipinski definition) is 3. The zero-order valence-electron chi connectivity index (χ0n) is 12.0. The Kier molecular flexibility index (Phi) is 6.73. The summed E-state index contributed by atoms with van der Waals surface area (Å²) in [6.45, 7) is 2.98. The largest absolute Gasteiger partial charge is 0.481 e. The van der Waals surface area contributed by atoms with Gasteiger partial charge in [0.1, 0.15) is 0 Å². The molecular weight excluding hydrogens is 256 g/mol. The number of rotatable bonds is 8. The molecule has 5 heteroatoms. The van der Waals surface area contributed by atoms with E-state index in [2.05, 4.69) is 10.6 Å². The van der Waals surface area contributed by atoms with Gasteiger partial charge in [0, 0.05) is 18.5 Å². The predicted molar refractivity (Wildman–Crippen MR) is 77.8 cm³/mol. The van der Waals surface area contributed by atoms with Gasteiger partial charge < -0.3 is 15.7 Å². The molecule has 3 N–H and O–H groups in total. The first kappa shape index (κ1) is 16.2. The van der Waals surface area contributed by atoms with Gasteiger partial charge in [-0.3, -0.25) is 9.59 Å². The minimum Gasteiger partial charge on any atom is -0.481 e. The molecule has 1 unspecified atom stereocenters. The molecule has 1 aromatic rings. The summed E-state index contributed by atoms with van der Waals surface area (Å²) >= 11 is 0. The molecule has 0 saturated carbocycles. The summed E-state index contributed by atoms with van der Waals surface area (Å²) in [5, 5.41) is 14.5. The maximum absolute atomic E-state index is 12.1. The van der Waals surface area contributed by atoms with E-state index in [1.54, 1.807) is 13.0 Å². The third-order valence-electron chi connectivity index (χ3n) is 3.04. The fourth-order valence-electron chi connectivity index (χ4n) is 1.95. The highest BCUT2D eigenvalue weighted by Crippen LogP contribution is 2.10. The van der Waals surface area contributed by atoms with E-state index < -0.39 is 5.97 Å². The van der Waals surface area contributed by atoms with Crippen LogP contribution in [0, 0.1) is 5.92 Å². The van der Waals surface area contributed by atoms with Gasteiger partial charge in [-0.25, -0.2) is 0 Å². The van der Waals surface area contributed by atoms with Crippen molar-refractivity contribution in [2.75, 3.05) is 20.1 Å². The van der Waals surface area contributed by atoms with Crippen LogP contribution in [0.15, 0.2) is 24.3 Å². The van der Waals surface area contributed by atoms with Gasteiger partial charge in [0.25, 0.3) is 5.91 Å². The van der Waals surface area contributed by atoms with Crippen LogP contribution in [0.2, 0.25) is 0 Å². The van der Waals surface area contributed by atoms with E-state index in [9.17, 15) is 9.59 Å². The average molecular weight is 278 g/mol. The Morgan fingerprint density at radius 1 is 1.30 bits per heavy atom. The molecule has 0 aliphatic carbocycles. The molecule has 0 heterocycles. The van der Waals surface area contributed by atoms with Gasteiger partial charge in [-0.15, -0.1) is 0 Å². The average Bonchev–Trinajstić information content (AvgIpc) is 2.42. The molecule has 5 nitrogen and oxygen atoms in total. The third kappa shape index (κ3) is 5.40. The number of amides is 1. The number of benzene rings is 1. The Labute approximate surface area is 119 Å². The van der Waals surface area contributed by atoms with E-state index in [0.29, 0.717) is 12.1 Å². The zero-order valence-corrected chi connectivity index (χ0v) is 12.0. The fourth-order valence-corrected chi connectivity index (χ4v) is 1.95. The summed E-state index contributed by atoms with van der Waals surface area (Å²) < 4.78 is 0. The lowest BCUT2D eigenvalue weighted by atomic mass is 10.0. The van der Waals surface area contributed by atoms with E-state index in [0.717, 1.165) is 18.5 Å². The molecule has 0 spiro atoms. The SMILES string of the molecule is CNCCc1ccccc1C(=O)NCC(C)CC(=O)O. The van der Waals surface area contributed by atoms with Gasteiger partial charge in [0.2, 0.25) is 0 Å². The number of likely N-dealkylation sites (N-methyl/N-ethyl adjacent to an activating group) is 1. The number of carbonyl (C=O) groups excluding carboxylic acids is 1. The molecular formula is C15H22N2O3. The van der Waals surface area contributed by atoms with Gasteiger partial charge >= 0.3 is 5.97 Å². The quantitative estimate of drug-likeness (QED) is 0.669. The molecule has 1 aromatic carbocycles. The van der Waals surface area contributed by atoms with E-state index in [-0.39, 0.29) is 18.2 Å². The normalized spacial score (nSPS) is 11.9. The molecule has 0 fully saturated rings. The van der Waals surface area contributed by atoms with E-state index in [4.69, 9.17) is 5.11 Å². The first-order chi connectivity index (χ1) is 9.54. The maximum atomic E-state index is 12.1. The standard InChI is InChI=1S/C15H22N2O3/c1-11(9-14(18)19)10-17-15(20)13-6-4-3-5-12(13)7-8-16-2/h3-6,11,16H,7-10H2,1-2H3,(H,17,20)(H,18,19). The molecule has 20 heavy (non-hydrogen) atoms. The molecule has 1 amide bonds. The number of carboxylic acid groups (broad SMARTS) is 1. The highest BCUT2D eigenvalue weighted by atomic mass is 16.4. The second kappa shape index (κ2) is 8.32. The summed E-state index contributed by atoms with van der Waals surface area (Å²) in [4.78, 5) is 22.7. The van der Waals surface area contributed by atoms with Gasteiger partial charge in [-0.05, 0) is 37.6 Å². The van der Waals surface area contributed by atoms with Crippen LogP contribution in [-0.2, 0) is 11.2 Å². The Hall–Kier alpha value is -1.88. The van der Waals surface area contributed by atoms with Crippen LogP contribution in [0.25, 0.3) is 0 Å². The van der Waals surface area contributed by atoms with E-state index in [1.807, 2.05) is 25.2 Å². The topological polar surface area (TPSA) is 78.4 Å². The van der Waals surface area contributed by atoms with Gasteiger partial charge in [-0.2, -0.15) is 0 Å². The van der Waals surface area contributed by atoms with Crippen molar-refractivity contribution < 1.29 is 14.7 Å². The highest BCUT2D eigenvalue weighted by Gasteiger charge is 2.13. The van der Waals surface area contributed by atoms with Crippen LogP contribution in [0.4, 0.5) is 0 Å². The summed E-state index contributed by atoms with van der Waals surface area (Å²) in [7, 11) is 1.87. The number of carboxylic acids is 1. The molecule has 0 radical (unpaired) electrons. The second-order valence-electron chi connectivity index (χ2n) is 4.92. The Morgan fingerprint density at radius 2 is 2.00 bits per heavy atom. The third-order valence-corrected chi connectivity index (χ3v) is 3.04. The number of aliphatic carboxylic acids is 1. The monoisotopic (exact) mass is 278 g/mol. The minimum atomic E-state index is -0.846. The van der Waals surface area contributed by atoms with E-state index in [1.165, 1.54) is 0 Å². The van der Waals surface area contributed by atoms with Crippen molar-refractivity contribution in [1.82, 2.24) is 10.6 Å². The van der Waals surface area contributed by atoms with Crippen LogP contribution >= 0.6 is 0 Å². The zero-order chi connectivity index (χ0) is 15.0. The molecule has 110 valence electrons. The van der Waals surface area contributed by atoms with Crippen LogP contribution in [0.5, 0.6) is 0 Å². The first-order valence-electron chi connectivity index (χ1n) is 6.77. The van der Waals surface area contributed by atoms with Gasteiger partial charge in [0.15, 0.2) is 0 Å². The molecule has 0 aliphatic rings. The Morgan fingerprint density at radius 3 is 2.65 bits per heavy atom. The Balaban J connectivity index is 2.60. The van der Waals surface area contributed by atoms with Crippen molar-refractivity contribution in [3.8, 4) is 0 Å². The molecule has 0 aliphatic heterocycles. The fraction of sp³-hybridized carbons (Fsp3) is 0.467. The van der Waals surface area contributed by atoms with Crippen LogP contribution in [0.3, 0.4) is 0 Å². The summed E-state index contributed by atoms with van der Waals surface area (Å²) in [5.74, 6) is -1.07. The Bertz CT molecular complexity index is 460. The van der Waals surface area contributed by atoms with Crippen molar-refractivity contribution in [3.63, 3.8) is 0 Å². The van der Waals surface area contributed by atoms with Gasteiger partial charge in [-0.1, -0.05) is 25.1 Å². The molecule has 0 saturated heterocycles. The maximum Gasteiger partial charge on any atom is 0.303 e. The molecule has 1 rings (SSSR count). The van der Waals surface area contributed by atoms with Crippen molar-refractivity contribution in [3.05, 3.63) is 35.4 Å². The van der Waals surface area contributed by atoms with Crippen molar-refractivity contribution in [2.24, 2.45) is 5.92 Å². The molecule has 1 atom stereocenters. The minimum absolute atomic E-state index is 0.0572. The van der Waals surface area contributed by atoms with Crippen molar-refractivity contribution in [2.45, 2.75) is 19.8 Å². The van der Waals surface area contributed by atoms with Gasteiger partial charge in [0.05, 0.1) is 0 Å². The lowest BCUT2D eigenvalue weighted by molar-refractivity contribution is -0.137. The highest BCUT2D eigenvalue weighted by molar-refractivity contribution is 5.95. The summed E-state index contributed by atoms with van der Waals surface area (Å²) in [6.07, 6.45) is 0.840. The van der Waals surface area contributed by atoms with Crippen LogP contribution < -0.4 is 10.6 Å². The molecule has 0 bridgehead atoms.